The first-order chi connectivity index (χ1) is 12.7. The molecule has 1 heterocycles. The summed E-state index contributed by atoms with van der Waals surface area (Å²) < 4.78 is 6.06. The lowest BCUT2D eigenvalue weighted by Gasteiger charge is -2.33. The normalized spacial score (nSPS) is 21.2. The molecule has 138 valence electrons. The first-order valence-corrected chi connectivity index (χ1v) is 9.89. The van der Waals surface area contributed by atoms with Gasteiger partial charge >= 0.3 is 0 Å². The van der Waals surface area contributed by atoms with Crippen LogP contribution >= 0.6 is 11.6 Å². The van der Waals surface area contributed by atoms with E-state index in [9.17, 15) is 4.79 Å². The molecule has 1 fully saturated rings. The van der Waals surface area contributed by atoms with Gasteiger partial charge in [0.1, 0.15) is 5.75 Å². The molecular formula is C22H26ClNO2. The average molecular weight is 372 g/mol. The number of rotatable bonds is 7. The molecule has 1 aliphatic rings. The van der Waals surface area contributed by atoms with Gasteiger partial charge in [-0.25, -0.2) is 0 Å². The quantitative estimate of drug-likeness (QED) is 0.562. The smallest absolute Gasteiger partial charge is 0.163 e. The number of halogens is 1. The molecule has 26 heavy (non-hydrogen) atoms. The van der Waals surface area contributed by atoms with Crippen LogP contribution in [-0.2, 0) is 0 Å². The number of benzene rings is 1. The van der Waals surface area contributed by atoms with E-state index in [4.69, 9.17) is 16.3 Å². The molecular weight excluding hydrogens is 346 g/mol. The van der Waals surface area contributed by atoms with Crippen LogP contribution in [0.5, 0.6) is 5.75 Å². The third-order valence-electron chi connectivity index (χ3n) is 5.48. The van der Waals surface area contributed by atoms with E-state index in [-0.39, 0.29) is 11.9 Å². The minimum atomic E-state index is 0.226. The Hall–Kier alpha value is -1.87. The Labute approximate surface area is 160 Å². The van der Waals surface area contributed by atoms with Crippen molar-refractivity contribution in [1.29, 1.82) is 0 Å². The van der Waals surface area contributed by atoms with Gasteiger partial charge in [0.15, 0.2) is 5.78 Å². The molecule has 3 rings (SSSR count). The summed E-state index contributed by atoms with van der Waals surface area (Å²) in [7, 11) is 0. The molecule has 1 aromatic carbocycles. The number of ether oxygens (including phenoxy) is 1. The SMILES string of the molecule is CCC(CC(=O)c1ccc(Cl)cc1)C1CCC(Oc2ccncc2)CC1. The summed E-state index contributed by atoms with van der Waals surface area (Å²) in [6, 6.07) is 11.1. The average Bonchev–Trinajstić information content (AvgIpc) is 2.68. The molecule has 1 aromatic heterocycles. The van der Waals surface area contributed by atoms with E-state index in [0.717, 1.165) is 43.4 Å². The number of hydrogen-bond acceptors (Lipinski definition) is 3. The fraction of sp³-hybridized carbons (Fsp3) is 0.455. The van der Waals surface area contributed by atoms with Crippen LogP contribution < -0.4 is 4.74 Å². The predicted octanol–water partition coefficient (Wildman–Crippen LogP) is 5.97. The van der Waals surface area contributed by atoms with Gasteiger partial charge in [0.25, 0.3) is 0 Å². The molecule has 1 atom stereocenters. The summed E-state index contributed by atoms with van der Waals surface area (Å²) in [5.74, 6) is 2.17. The molecule has 1 aliphatic carbocycles. The van der Waals surface area contributed by atoms with E-state index >= 15 is 0 Å². The van der Waals surface area contributed by atoms with E-state index in [1.165, 1.54) is 0 Å². The molecule has 0 spiro atoms. The van der Waals surface area contributed by atoms with Crippen molar-refractivity contribution in [2.45, 2.75) is 51.6 Å². The third-order valence-corrected chi connectivity index (χ3v) is 5.73. The van der Waals surface area contributed by atoms with Crippen molar-refractivity contribution in [1.82, 2.24) is 4.98 Å². The number of carbonyl (C=O) groups is 1. The standard InChI is InChI=1S/C22H26ClNO2/c1-2-16(15-22(25)18-3-7-19(23)8-4-18)17-5-9-20(10-6-17)26-21-11-13-24-14-12-21/h3-4,7-8,11-14,16-17,20H,2,5-6,9-10,15H2,1H3. The number of Topliss-reactive ketones (excluding diaryl/α,β-unsaturated/α-hetero) is 1. The molecule has 1 saturated carbocycles. The number of carbonyl (C=O) groups excluding carboxylic acids is 1. The van der Waals surface area contributed by atoms with Crippen molar-refractivity contribution >= 4 is 17.4 Å². The molecule has 0 bridgehead atoms. The second-order valence-electron chi connectivity index (χ2n) is 7.14. The predicted molar refractivity (Wildman–Crippen MR) is 105 cm³/mol. The highest BCUT2D eigenvalue weighted by molar-refractivity contribution is 6.30. The largest absolute Gasteiger partial charge is 0.490 e. The number of aromatic nitrogens is 1. The van der Waals surface area contributed by atoms with Crippen LogP contribution in [0.25, 0.3) is 0 Å². The van der Waals surface area contributed by atoms with E-state index in [0.29, 0.717) is 23.3 Å². The van der Waals surface area contributed by atoms with Crippen LogP contribution in [-0.4, -0.2) is 16.9 Å². The van der Waals surface area contributed by atoms with Gasteiger partial charge in [-0.05, 0) is 73.9 Å². The first-order valence-electron chi connectivity index (χ1n) is 9.51. The van der Waals surface area contributed by atoms with Crippen LogP contribution in [0.1, 0.15) is 55.8 Å². The van der Waals surface area contributed by atoms with Crippen molar-refractivity contribution in [3.8, 4) is 5.75 Å². The van der Waals surface area contributed by atoms with Crippen molar-refractivity contribution in [3.05, 3.63) is 59.4 Å². The molecule has 2 aromatic rings. The van der Waals surface area contributed by atoms with E-state index in [2.05, 4.69) is 11.9 Å². The summed E-state index contributed by atoms with van der Waals surface area (Å²) in [5.41, 5.74) is 0.766. The summed E-state index contributed by atoms with van der Waals surface area (Å²) in [6.07, 6.45) is 9.82. The Balaban J connectivity index is 1.51. The van der Waals surface area contributed by atoms with Crippen molar-refractivity contribution in [2.75, 3.05) is 0 Å². The fourth-order valence-electron chi connectivity index (χ4n) is 3.92. The van der Waals surface area contributed by atoms with Gasteiger partial charge in [-0.15, -0.1) is 0 Å². The number of pyridine rings is 1. The minimum absolute atomic E-state index is 0.226. The van der Waals surface area contributed by atoms with Gasteiger partial charge in [-0.3, -0.25) is 9.78 Å². The maximum Gasteiger partial charge on any atom is 0.163 e. The van der Waals surface area contributed by atoms with Gasteiger partial charge < -0.3 is 4.74 Å². The zero-order valence-electron chi connectivity index (χ0n) is 15.2. The molecule has 4 heteroatoms. The second kappa shape index (κ2) is 9.18. The summed E-state index contributed by atoms with van der Waals surface area (Å²) in [6.45, 7) is 2.19. The molecule has 0 amide bonds. The van der Waals surface area contributed by atoms with E-state index in [1.807, 2.05) is 24.3 Å². The zero-order valence-corrected chi connectivity index (χ0v) is 16.0. The van der Waals surface area contributed by atoms with E-state index in [1.54, 1.807) is 24.5 Å². The highest BCUT2D eigenvalue weighted by atomic mass is 35.5. The lowest BCUT2D eigenvalue weighted by molar-refractivity contribution is 0.0861. The summed E-state index contributed by atoms with van der Waals surface area (Å²) >= 11 is 5.92. The lowest BCUT2D eigenvalue weighted by Crippen LogP contribution is -2.28. The summed E-state index contributed by atoms with van der Waals surface area (Å²) in [4.78, 5) is 16.6. The van der Waals surface area contributed by atoms with Crippen LogP contribution in [0, 0.1) is 11.8 Å². The Morgan fingerprint density at radius 2 is 1.77 bits per heavy atom. The van der Waals surface area contributed by atoms with Crippen LogP contribution in [0.2, 0.25) is 5.02 Å². The maximum absolute atomic E-state index is 12.6. The monoisotopic (exact) mass is 371 g/mol. The Bertz CT molecular complexity index is 694. The van der Waals surface area contributed by atoms with Crippen LogP contribution in [0.4, 0.5) is 0 Å². The Kier molecular flexibility index (Phi) is 6.67. The van der Waals surface area contributed by atoms with Crippen molar-refractivity contribution < 1.29 is 9.53 Å². The fourth-order valence-corrected chi connectivity index (χ4v) is 4.05. The zero-order chi connectivity index (χ0) is 18.4. The number of ketones is 1. The molecule has 0 radical (unpaired) electrons. The molecule has 0 N–H and O–H groups in total. The number of nitrogens with zero attached hydrogens (tertiary/aromatic N) is 1. The third kappa shape index (κ3) is 5.07. The minimum Gasteiger partial charge on any atom is -0.490 e. The maximum atomic E-state index is 12.6. The van der Waals surface area contributed by atoms with E-state index < -0.39 is 0 Å². The summed E-state index contributed by atoms with van der Waals surface area (Å²) in [5, 5.41) is 0.668. The Morgan fingerprint density at radius 3 is 2.38 bits per heavy atom. The Morgan fingerprint density at radius 1 is 1.12 bits per heavy atom. The topological polar surface area (TPSA) is 39.2 Å². The van der Waals surface area contributed by atoms with Gasteiger partial charge in [-0.1, -0.05) is 24.9 Å². The van der Waals surface area contributed by atoms with Crippen molar-refractivity contribution in [3.63, 3.8) is 0 Å². The molecule has 1 unspecified atom stereocenters. The first kappa shape index (κ1) is 18.9. The van der Waals surface area contributed by atoms with Crippen molar-refractivity contribution in [2.24, 2.45) is 11.8 Å². The van der Waals surface area contributed by atoms with Gasteiger partial charge in [0, 0.05) is 29.4 Å². The van der Waals surface area contributed by atoms with Crippen LogP contribution in [0.3, 0.4) is 0 Å². The van der Waals surface area contributed by atoms with Gasteiger partial charge in [0.2, 0.25) is 0 Å². The highest BCUT2D eigenvalue weighted by Gasteiger charge is 2.29. The van der Waals surface area contributed by atoms with Crippen LogP contribution in [0.15, 0.2) is 48.8 Å². The molecule has 0 aliphatic heterocycles. The van der Waals surface area contributed by atoms with Gasteiger partial charge in [-0.2, -0.15) is 0 Å². The molecule has 3 nitrogen and oxygen atoms in total. The van der Waals surface area contributed by atoms with Gasteiger partial charge in [0.05, 0.1) is 6.10 Å². The highest BCUT2D eigenvalue weighted by Crippen LogP contribution is 2.35. The second-order valence-corrected chi connectivity index (χ2v) is 7.58. The molecule has 0 saturated heterocycles. The number of hydrogen-bond donors (Lipinski definition) is 0. The lowest BCUT2D eigenvalue weighted by atomic mass is 9.75.